The Morgan fingerprint density at radius 3 is 2.78 bits per heavy atom. The summed E-state index contributed by atoms with van der Waals surface area (Å²) in [5.41, 5.74) is 0. The molecule has 0 aromatic carbocycles. The molecule has 11 heteroatoms. The van der Waals surface area contributed by atoms with Crippen LogP contribution in [0.2, 0.25) is 0 Å². The quantitative estimate of drug-likeness (QED) is 0.472. The Labute approximate surface area is 111 Å². The van der Waals surface area contributed by atoms with Gasteiger partial charge in [-0.2, -0.15) is 0 Å². The molecule has 0 unspecified atom stereocenters. The van der Waals surface area contributed by atoms with Crippen molar-refractivity contribution in [3.63, 3.8) is 0 Å². The first kappa shape index (κ1) is 16.1. The van der Waals surface area contributed by atoms with E-state index in [1.54, 1.807) is 33.7 Å². The molecule has 1 rings (SSSR count). The summed E-state index contributed by atoms with van der Waals surface area (Å²) in [6.07, 6.45) is -3.39. The molecule has 5 nitrogen and oxygen atoms in total. The summed E-state index contributed by atoms with van der Waals surface area (Å²) in [6.45, 7) is 9.03. The third-order valence-electron chi connectivity index (χ3n) is 2.44. The van der Waals surface area contributed by atoms with E-state index in [9.17, 15) is 10.2 Å². The van der Waals surface area contributed by atoms with E-state index in [0.717, 1.165) is 0 Å². The van der Waals surface area contributed by atoms with Gasteiger partial charge in [-0.25, -0.2) is 0 Å². The van der Waals surface area contributed by atoms with Crippen LogP contribution >= 0.6 is 0 Å². The molecule has 1 aliphatic heterocycles. The molecule has 0 amide bonds. The zero-order valence-corrected chi connectivity index (χ0v) is 10.4. The van der Waals surface area contributed by atoms with Crippen molar-refractivity contribution in [2.24, 2.45) is 0 Å². The zero-order valence-electron chi connectivity index (χ0n) is 10.4. The van der Waals surface area contributed by atoms with Gasteiger partial charge < -0.3 is 0 Å². The van der Waals surface area contributed by atoms with Crippen LogP contribution in [0, 0.1) is 0 Å². The van der Waals surface area contributed by atoms with Gasteiger partial charge in [-0.1, -0.05) is 0 Å². The van der Waals surface area contributed by atoms with Crippen molar-refractivity contribution in [1.29, 1.82) is 0 Å². The Balaban J connectivity index is 2.53. The third kappa shape index (κ3) is 4.96. The molecule has 1 fully saturated rings. The SMILES string of the molecule is B=BB=BB=BO[C@H]1OC[C@H](O)[C@H](O)[C@H]1OCC. The Kier molecular flexibility index (Phi) is 8.06. The number of ether oxygens (including phenoxy) is 2. The molecule has 18 heavy (non-hydrogen) atoms. The van der Waals surface area contributed by atoms with Crippen LogP contribution in [0.4, 0.5) is 0 Å². The predicted molar refractivity (Wildman–Crippen MR) is 74.2 cm³/mol. The van der Waals surface area contributed by atoms with Crippen molar-refractivity contribution >= 4 is 41.1 Å². The predicted octanol–water partition coefficient (Wildman–Crippen LogP) is -3.60. The second-order valence-corrected chi connectivity index (χ2v) is 3.76. The van der Waals surface area contributed by atoms with E-state index in [-0.39, 0.29) is 6.61 Å². The first-order valence-electron chi connectivity index (χ1n) is 5.89. The van der Waals surface area contributed by atoms with Crippen molar-refractivity contribution < 1.29 is 24.3 Å². The number of rotatable bonds is 6. The number of hydrogen-bond acceptors (Lipinski definition) is 5. The fourth-order valence-electron chi connectivity index (χ4n) is 1.56. The van der Waals surface area contributed by atoms with Crippen LogP contribution in [0.1, 0.15) is 6.92 Å². The molecule has 1 saturated heterocycles. The molecule has 0 aromatic heterocycles. The first-order valence-corrected chi connectivity index (χ1v) is 5.89. The van der Waals surface area contributed by atoms with Gasteiger partial charge in [-0.3, -0.25) is 0 Å². The average Bonchev–Trinajstić information content (AvgIpc) is 2.37. The summed E-state index contributed by atoms with van der Waals surface area (Å²) in [5, 5.41) is 19.3. The second kappa shape index (κ2) is 9.02. The maximum atomic E-state index is 9.79. The Hall–Kier alpha value is 0.0296. The van der Waals surface area contributed by atoms with Gasteiger partial charge in [0.05, 0.1) is 0 Å². The van der Waals surface area contributed by atoms with E-state index in [1.165, 1.54) is 7.00 Å². The van der Waals surface area contributed by atoms with Crippen LogP contribution in [0.5, 0.6) is 0 Å². The second-order valence-electron chi connectivity index (χ2n) is 3.76. The Bertz CT molecular complexity index is 313. The topological polar surface area (TPSA) is 68.2 Å². The molecule has 0 radical (unpaired) electrons. The maximum absolute atomic E-state index is 9.79. The van der Waals surface area contributed by atoms with E-state index in [1.807, 2.05) is 0 Å². The normalized spacial score (nSPS) is 31.0. The van der Waals surface area contributed by atoms with Crippen molar-refractivity contribution in [2.75, 3.05) is 13.2 Å². The van der Waals surface area contributed by atoms with Gasteiger partial charge in [0.1, 0.15) is 0 Å². The summed E-state index contributed by atoms with van der Waals surface area (Å²) < 4.78 is 15.9. The van der Waals surface area contributed by atoms with Gasteiger partial charge in [-0.15, -0.1) is 0 Å². The summed E-state index contributed by atoms with van der Waals surface area (Å²) in [7, 11) is 4.98. The Morgan fingerprint density at radius 1 is 1.33 bits per heavy atom. The number of aliphatic hydroxyl groups is 2. The van der Waals surface area contributed by atoms with Crippen LogP contribution in [-0.4, -0.2) is 89.2 Å². The number of aliphatic hydroxyl groups excluding tert-OH is 2. The average molecular weight is 243 g/mol. The van der Waals surface area contributed by atoms with Crippen LogP contribution in [0.3, 0.4) is 0 Å². The molecule has 1 heterocycles. The Morgan fingerprint density at radius 2 is 2.11 bits per heavy atom. The van der Waals surface area contributed by atoms with E-state index in [0.29, 0.717) is 6.61 Å². The molecule has 0 aliphatic carbocycles. The molecule has 0 aromatic rings. The van der Waals surface area contributed by atoms with Crippen LogP contribution in [0.15, 0.2) is 0 Å². The van der Waals surface area contributed by atoms with E-state index < -0.39 is 24.6 Å². The van der Waals surface area contributed by atoms with Gasteiger partial charge in [0.15, 0.2) is 0 Å². The zero-order chi connectivity index (χ0) is 13.4. The van der Waals surface area contributed by atoms with E-state index in [2.05, 4.69) is 7.37 Å². The fraction of sp³-hybridized carbons (Fsp3) is 1.00. The van der Waals surface area contributed by atoms with Crippen LogP contribution in [-0.2, 0) is 14.1 Å². The molecular formula is C7H14B6O5. The van der Waals surface area contributed by atoms with Gasteiger partial charge in [0.2, 0.25) is 0 Å². The molecule has 2 N–H and O–H groups in total. The molecule has 0 saturated carbocycles. The summed E-state index contributed by atoms with van der Waals surface area (Å²) >= 11 is 0. The van der Waals surface area contributed by atoms with E-state index in [4.69, 9.17) is 14.1 Å². The van der Waals surface area contributed by atoms with Crippen LogP contribution < -0.4 is 0 Å². The van der Waals surface area contributed by atoms with Gasteiger partial charge in [0, 0.05) is 0 Å². The molecule has 4 atom stereocenters. The first-order chi connectivity index (χ1) is 8.70. The molecule has 90 valence electrons. The summed E-state index contributed by atoms with van der Waals surface area (Å²) in [6, 6.07) is 0. The number of hydrogen-bond donors (Lipinski definition) is 2. The molecule has 0 bridgehead atoms. The molecule has 0 spiro atoms. The minimum absolute atomic E-state index is 0.0196. The van der Waals surface area contributed by atoms with Gasteiger partial charge in [-0.05, 0) is 0 Å². The van der Waals surface area contributed by atoms with E-state index >= 15 is 0 Å². The van der Waals surface area contributed by atoms with Gasteiger partial charge >= 0.3 is 110 Å². The standard InChI is InChI=1S/C7H14B6O5/c1-2-16-6-5(15)4(14)3-17-7(6)18-13-12-11-10-9-8/h4-8,14-15H,2-3H2,1H3/t4-,5-,6+,7+/m0/s1. The fourth-order valence-corrected chi connectivity index (χ4v) is 1.56. The van der Waals surface area contributed by atoms with Crippen molar-refractivity contribution in [3.8, 4) is 0 Å². The van der Waals surface area contributed by atoms with Crippen molar-refractivity contribution in [2.45, 2.75) is 31.5 Å². The summed E-state index contributed by atoms with van der Waals surface area (Å²) in [4.78, 5) is 0. The molecular weight excluding hydrogens is 229 g/mol. The van der Waals surface area contributed by atoms with Gasteiger partial charge in [0.25, 0.3) is 0 Å². The molecule has 1 aliphatic rings. The van der Waals surface area contributed by atoms with Crippen LogP contribution in [0.25, 0.3) is 0 Å². The van der Waals surface area contributed by atoms with Crippen molar-refractivity contribution in [1.82, 2.24) is 0 Å². The third-order valence-corrected chi connectivity index (χ3v) is 2.44. The minimum atomic E-state index is -1.01. The summed E-state index contributed by atoms with van der Waals surface area (Å²) in [5.74, 6) is 0. The van der Waals surface area contributed by atoms with Crippen molar-refractivity contribution in [3.05, 3.63) is 0 Å². The monoisotopic (exact) mass is 244 g/mol.